The summed E-state index contributed by atoms with van der Waals surface area (Å²) >= 11 is 0. The molecule has 3 heteroatoms. The summed E-state index contributed by atoms with van der Waals surface area (Å²) in [5, 5.41) is 0. The number of carbonyl (C=O) groups is 1. The molecule has 0 fully saturated rings. The third kappa shape index (κ3) is 3.28. The van der Waals surface area contributed by atoms with Gasteiger partial charge in [0.05, 0.1) is 0 Å². The molecular formula is C17H24N2O. The predicted octanol–water partition coefficient (Wildman–Crippen LogP) is 2.54. The van der Waals surface area contributed by atoms with Crippen molar-refractivity contribution in [3.8, 4) is 0 Å². The van der Waals surface area contributed by atoms with Crippen LogP contribution in [0.15, 0.2) is 30.9 Å². The fourth-order valence-electron chi connectivity index (χ4n) is 3.08. The van der Waals surface area contributed by atoms with Gasteiger partial charge in [-0.15, -0.1) is 6.58 Å². The van der Waals surface area contributed by atoms with Crippen molar-refractivity contribution in [3.05, 3.63) is 47.5 Å². The maximum Gasteiger partial charge on any atom is 0.248 e. The van der Waals surface area contributed by atoms with Gasteiger partial charge in [-0.2, -0.15) is 0 Å². The molecule has 0 saturated heterocycles. The van der Waals surface area contributed by atoms with Gasteiger partial charge >= 0.3 is 0 Å². The normalized spacial score (nSPS) is 17.8. The van der Waals surface area contributed by atoms with Gasteiger partial charge in [0, 0.05) is 18.2 Å². The molecule has 20 heavy (non-hydrogen) atoms. The van der Waals surface area contributed by atoms with Crippen LogP contribution in [-0.4, -0.2) is 29.9 Å². The monoisotopic (exact) mass is 272 g/mol. The van der Waals surface area contributed by atoms with Gasteiger partial charge in [-0.25, -0.2) is 0 Å². The molecule has 2 N–H and O–H groups in total. The Balaban J connectivity index is 2.17. The highest BCUT2D eigenvalue weighted by Crippen LogP contribution is 2.25. The first-order valence-electron chi connectivity index (χ1n) is 7.42. The first-order valence-corrected chi connectivity index (χ1v) is 7.42. The van der Waals surface area contributed by atoms with Gasteiger partial charge in [0.2, 0.25) is 5.91 Å². The van der Waals surface area contributed by atoms with E-state index in [4.69, 9.17) is 5.73 Å². The summed E-state index contributed by atoms with van der Waals surface area (Å²) < 4.78 is 0. The maximum atomic E-state index is 11.3. The van der Waals surface area contributed by atoms with Crippen LogP contribution in [0, 0.1) is 0 Å². The number of nitrogens with zero attached hydrogens (tertiary/aromatic N) is 1. The van der Waals surface area contributed by atoms with Crippen LogP contribution in [-0.2, 0) is 12.8 Å². The Kier molecular flexibility index (Phi) is 4.96. The molecule has 0 bridgehead atoms. The van der Waals surface area contributed by atoms with Crippen LogP contribution in [0.5, 0.6) is 0 Å². The molecule has 0 aromatic heterocycles. The second kappa shape index (κ2) is 6.71. The Morgan fingerprint density at radius 1 is 1.50 bits per heavy atom. The van der Waals surface area contributed by atoms with Crippen molar-refractivity contribution < 1.29 is 4.79 Å². The number of nitrogens with two attached hydrogens (primary N) is 1. The molecule has 0 radical (unpaired) electrons. The lowest BCUT2D eigenvalue weighted by molar-refractivity contribution is 0.1000. The van der Waals surface area contributed by atoms with E-state index in [-0.39, 0.29) is 5.91 Å². The summed E-state index contributed by atoms with van der Waals surface area (Å²) in [7, 11) is 0. The van der Waals surface area contributed by atoms with E-state index in [0.29, 0.717) is 11.6 Å². The molecule has 2 rings (SSSR count). The SMILES string of the molecule is C=CCN(CCC)C1CCc2ccc(C(N)=O)cc2C1. The molecule has 0 aliphatic heterocycles. The van der Waals surface area contributed by atoms with Crippen LogP contribution in [0.1, 0.15) is 41.3 Å². The van der Waals surface area contributed by atoms with Gasteiger partial charge in [0.25, 0.3) is 0 Å². The van der Waals surface area contributed by atoms with E-state index in [1.54, 1.807) is 0 Å². The van der Waals surface area contributed by atoms with Crippen molar-refractivity contribution in [1.29, 1.82) is 0 Å². The Hall–Kier alpha value is -1.61. The largest absolute Gasteiger partial charge is 0.366 e. The van der Waals surface area contributed by atoms with Crippen LogP contribution in [0.4, 0.5) is 0 Å². The number of amides is 1. The van der Waals surface area contributed by atoms with Gasteiger partial charge in [-0.05, 0) is 55.5 Å². The molecule has 0 saturated carbocycles. The number of primary amides is 1. The summed E-state index contributed by atoms with van der Waals surface area (Å²) in [6, 6.07) is 6.42. The molecule has 1 atom stereocenters. The summed E-state index contributed by atoms with van der Waals surface area (Å²) in [6.45, 7) is 8.10. The zero-order valence-electron chi connectivity index (χ0n) is 12.3. The highest BCUT2D eigenvalue weighted by Gasteiger charge is 2.23. The van der Waals surface area contributed by atoms with E-state index in [1.165, 1.54) is 17.5 Å². The minimum Gasteiger partial charge on any atom is -0.366 e. The third-order valence-corrected chi connectivity index (χ3v) is 4.08. The lowest BCUT2D eigenvalue weighted by atomic mass is 9.86. The molecule has 0 heterocycles. The Morgan fingerprint density at radius 3 is 2.95 bits per heavy atom. The smallest absolute Gasteiger partial charge is 0.248 e. The highest BCUT2D eigenvalue weighted by atomic mass is 16.1. The standard InChI is InChI=1S/C17H24N2O/c1-3-9-19(10-4-2)16-8-7-13-5-6-14(17(18)20)11-15(13)12-16/h3,5-6,11,16H,1,4,7-10,12H2,2H3,(H2,18,20). The highest BCUT2D eigenvalue weighted by molar-refractivity contribution is 5.93. The second-order valence-electron chi connectivity index (χ2n) is 5.53. The minimum atomic E-state index is -0.341. The average Bonchev–Trinajstić information content (AvgIpc) is 2.45. The Labute approximate surface area is 121 Å². The van der Waals surface area contributed by atoms with Crippen LogP contribution in [0.3, 0.4) is 0 Å². The van der Waals surface area contributed by atoms with Crippen LogP contribution < -0.4 is 5.73 Å². The summed E-state index contributed by atoms with van der Waals surface area (Å²) in [4.78, 5) is 13.8. The van der Waals surface area contributed by atoms with Gasteiger partial charge < -0.3 is 5.73 Å². The van der Waals surface area contributed by atoms with Crippen molar-refractivity contribution >= 4 is 5.91 Å². The molecule has 3 nitrogen and oxygen atoms in total. The van der Waals surface area contributed by atoms with Gasteiger partial charge in [-0.1, -0.05) is 19.1 Å². The zero-order chi connectivity index (χ0) is 14.5. The number of benzene rings is 1. The number of hydrogen-bond acceptors (Lipinski definition) is 2. The second-order valence-corrected chi connectivity index (χ2v) is 5.53. The van der Waals surface area contributed by atoms with Crippen LogP contribution in [0.25, 0.3) is 0 Å². The number of aryl methyl sites for hydroxylation is 1. The van der Waals surface area contributed by atoms with Crippen molar-refractivity contribution in [2.75, 3.05) is 13.1 Å². The average molecular weight is 272 g/mol. The van der Waals surface area contributed by atoms with Crippen LogP contribution >= 0.6 is 0 Å². The minimum absolute atomic E-state index is 0.341. The first-order chi connectivity index (χ1) is 9.65. The Bertz CT molecular complexity index is 496. The van der Waals surface area contributed by atoms with Crippen molar-refractivity contribution in [3.63, 3.8) is 0 Å². The maximum absolute atomic E-state index is 11.3. The summed E-state index contributed by atoms with van der Waals surface area (Å²) in [5.74, 6) is -0.341. The fourth-order valence-corrected chi connectivity index (χ4v) is 3.08. The summed E-state index contributed by atoms with van der Waals surface area (Å²) in [6.07, 6.45) is 6.39. The fraction of sp³-hybridized carbons (Fsp3) is 0.471. The molecule has 1 amide bonds. The molecule has 0 spiro atoms. The van der Waals surface area contributed by atoms with E-state index in [2.05, 4.69) is 24.5 Å². The molecular weight excluding hydrogens is 248 g/mol. The molecule has 1 aromatic rings. The zero-order valence-corrected chi connectivity index (χ0v) is 12.3. The lowest BCUT2D eigenvalue weighted by Crippen LogP contribution is -2.40. The van der Waals surface area contributed by atoms with E-state index >= 15 is 0 Å². The van der Waals surface area contributed by atoms with Crippen LogP contribution in [0.2, 0.25) is 0 Å². The van der Waals surface area contributed by atoms with Crippen molar-refractivity contribution in [1.82, 2.24) is 4.90 Å². The Morgan fingerprint density at radius 2 is 2.30 bits per heavy atom. The van der Waals surface area contributed by atoms with Gasteiger partial charge in [-0.3, -0.25) is 9.69 Å². The number of fused-ring (bicyclic) bond motifs is 1. The number of carbonyl (C=O) groups excluding carboxylic acids is 1. The molecule has 108 valence electrons. The first kappa shape index (κ1) is 14.8. The topological polar surface area (TPSA) is 46.3 Å². The molecule has 1 unspecified atom stereocenters. The third-order valence-electron chi connectivity index (χ3n) is 4.08. The molecule has 1 aliphatic carbocycles. The number of hydrogen-bond donors (Lipinski definition) is 1. The van der Waals surface area contributed by atoms with Crippen molar-refractivity contribution in [2.45, 2.75) is 38.6 Å². The predicted molar refractivity (Wildman–Crippen MR) is 82.8 cm³/mol. The lowest BCUT2D eigenvalue weighted by Gasteiger charge is -2.34. The van der Waals surface area contributed by atoms with E-state index in [1.807, 2.05) is 18.2 Å². The van der Waals surface area contributed by atoms with Gasteiger partial charge in [0.1, 0.15) is 0 Å². The quantitative estimate of drug-likeness (QED) is 0.809. The number of rotatable bonds is 6. The summed E-state index contributed by atoms with van der Waals surface area (Å²) in [5.41, 5.74) is 8.64. The van der Waals surface area contributed by atoms with E-state index in [0.717, 1.165) is 32.4 Å². The van der Waals surface area contributed by atoms with Gasteiger partial charge in [0.15, 0.2) is 0 Å². The van der Waals surface area contributed by atoms with Crippen molar-refractivity contribution in [2.24, 2.45) is 5.73 Å². The van der Waals surface area contributed by atoms with E-state index in [9.17, 15) is 4.79 Å². The van der Waals surface area contributed by atoms with E-state index < -0.39 is 0 Å². The molecule has 1 aromatic carbocycles. The molecule has 1 aliphatic rings.